The van der Waals surface area contributed by atoms with Crippen LogP contribution < -0.4 is 5.32 Å². The number of fused-ring (bicyclic) bond motifs is 1. The van der Waals surface area contributed by atoms with Crippen molar-refractivity contribution in [1.29, 1.82) is 0 Å². The van der Waals surface area contributed by atoms with E-state index in [0.717, 1.165) is 53.9 Å². The molecule has 31 heavy (non-hydrogen) atoms. The van der Waals surface area contributed by atoms with Crippen molar-refractivity contribution in [3.63, 3.8) is 0 Å². The van der Waals surface area contributed by atoms with Crippen molar-refractivity contribution in [2.75, 3.05) is 12.4 Å². The summed E-state index contributed by atoms with van der Waals surface area (Å²) in [6.07, 6.45) is 6.09. The summed E-state index contributed by atoms with van der Waals surface area (Å²) >= 11 is 1.49. The van der Waals surface area contributed by atoms with Crippen molar-refractivity contribution >= 4 is 28.2 Å². The number of anilines is 1. The second kappa shape index (κ2) is 7.56. The average Bonchev–Trinajstić information content (AvgIpc) is 3.16. The minimum absolute atomic E-state index is 0.209. The van der Waals surface area contributed by atoms with Crippen molar-refractivity contribution in [3.8, 4) is 11.5 Å². The molecule has 3 aliphatic rings. The SMILES string of the molecule is CO[C@]1(C)CCc2c(sc(NC(=O)C3=C(C(=O)O)CCC3)c2-c2nc(C3CC3)no2)C1. The van der Waals surface area contributed by atoms with Crippen LogP contribution in [0.3, 0.4) is 0 Å². The van der Waals surface area contributed by atoms with Gasteiger partial charge in [0.05, 0.1) is 11.2 Å². The number of rotatable bonds is 6. The summed E-state index contributed by atoms with van der Waals surface area (Å²) < 4.78 is 11.4. The van der Waals surface area contributed by atoms with Crippen LogP contribution in [0.15, 0.2) is 15.7 Å². The average molecular weight is 444 g/mol. The van der Waals surface area contributed by atoms with Crippen LogP contribution >= 0.6 is 11.3 Å². The molecule has 9 heteroatoms. The van der Waals surface area contributed by atoms with Gasteiger partial charge in [0.15, 0.2) is 5.82 Å². The number of carboxylic acids is 1. The second-order valence-electron chi connectivity index (χ2n) is 8.84. The lowest BCUT2D eigenvalue weighted by Crippen LogP contribution is -2.33. The summed E-state index contributed by atoms with van der Waals surface area (Å²) in [5, 5.41) is 17.2. The quantitative estimate of drug-likeness (QED) is 0.691. The fourth-order valence-electron chi connectivity index (χ4n) is 4.48. The number of hydrogen-bond acceptors (Lipinski definition) is 7. The van der Waals surface area contributed by atoms with Gasteiger partial charge >= 0.3 is 5.97 Å². The van der Waals surface area contributed by atoms with Crippen molar-refractivity contribution < 1.29 is 24.0 Å². The van der Waals surface area contributed by atoms with Crippen LogP contribution in [0.25, 0.3) is 11.5 Å². The molecule has 1 amide bonds. The maximum absolute atomic E-state index is 13.0. The monoisotopic (exact) mass is 443 g/mol. The Bertz CT molecular complexity index is 1100. The Morgan fingerprint density at radius 3 is 2.74 bits per heavy atom. The lowest BCUT2D eigenvalue weighted by Gasteiger charge is -2.32. The van der Waals surface area contributed by atoms with E-state index in [1.807, 2.05) is 0 Å². The van der Waals surface area contributed by atoms with Crippen LogP contribution in [0.2, 0.25) is 0 Å². The smallest absolute Gasteiger partial charge is 0.332 e. The predicted octanol–water partition coefficient (Wildman–Crippen LogP) is 4.07. The van der Waals surface area contributed by atoms with Gasteiger partial charge in [-0.2, -0.15) is 4.98 Å². The molecule has 2 N–H and O–H groups in total. The number of nitrogens with zero attached hydrogens (tertiary/aromatic N) is 2. The van der Waals surface area contributed by atoms with Crippen molar-refractivity contribution in [1.82, 2.24) is 10.1 Å². The van der Waals surface area contributed by atoms with Gasteiger partial charge in [-0.3, -0.25) is 4.79 Å². The third-order valence-corrected chi connectivity index (χ3v) is 7.74. The Hall–Kier alpha value is -2.52. The van der Waals surface area contributed by atoms with Gasteiger partial charge in [-0.05, 0) is 57.4 Å². The van der Waals surface area contributed by atoms with Gasteiger partial charge < -0.3 is 19.7 Å². The highest BCUT2D eigenvalue weighted by Crippen LogP contribution is 2.47. The number of ether oxygens (including phenoxy) is 1. The summed E-state index contributed by atoms with van der Waals surface area (Å²) in [5.41, 5.74) is 2.20. The Kier molecular flexibility index (Phi) is 4.97. The van der Waals surface area contributed by atoms with Gasteiger partial charge in [-0.1, -0.05) is 5.16 Å². The van der Waals surface area contributed by atoms with Crippen molar-refractivity contribution in [2.45, 2.75) is 69.8 Å². The number of carbonyl (C=O) groups excluding carboxylic acids is 1. The van der Waals surface area contributed by atoms with Gasteiger partial charge in [0.2, 0.25) is 0 Å². The Morgan fingerprint density at radius 1 is 1.26 bits per heavy atom. The van der Waals surface area contributed by atoms with E-state index in [9.17, 15) is 14.7 Å². The molecule has 1 saturated carbocycles. The molecule has 2 heterocycles. The summed E-state index contributed by atoms with van der Waals surface area (Å²) in [5.74, 6) is 0.135. The number of carboxylic acid groups (broad SMARTS) is 1. The van der Waals surface area contributed by atoms with Crippen LogP contribution in [0.1, 0.15) is 67.6 Å². The van der Waals surface area contributed by atoms with E-state index in [1.54, 1.807) is 7.11 Å². The molecule has 0 unspecified atom stereocenters. The molecule has 0 aromatic carbocycles. The predicted molar refractivity (Wildman–Crippen MR) is 114 cm³/mol. The van der Waals surface area contributed by atoms with E-state index in [4.69, 9.17) is 9.26 Å². The van der Waals surface area contributed by atoms with E-state index in [0.29, 0.717) is 41.6 Å². The molecule has 0 spiro atoms. The lowest BCUT2D eigenvalue weighted by molar-refractivity contribution is -0.133. The molecule has 3 aliphatic carbocycles. The first-order chi connectivity index (χ1) is 14.9. The fraction of sp³-hybridized carbons (Fsp3) is 0.545. The largest absolute Gasteiger partial charge is 0.478 e. The minimum atomic E-state index is -1.02. The summed E-state index contributed by atoms with van der Waals surface area (Å²) in [7, 11) is 1.72. The number of amides is 1. The molecule has 1 fully saturated rings. The number of thiophene rings is 1. The van der Waals surface area contributed by atoms with Crippen molar-refractivity contribution in [3.05, 3.63) is 27.4 Å². The normalized spacial score (nSPS) is 23.2. The number of methoxy groups -OCH3 is 1. The first-order valence-corrected chi connectivity index (χ1v) is 11.5. The van der Waals surface area contributed by atoms with Gasteiger partial charge in [0, 0.05) is 35.5 Å². The zero-order valence-corrected chi connectivity index (χ0v) is 18.4. The second-order valence-corrected chi connectivity index (χ2v) is 9.95. The number of nitrogens with one attached hydrogen (secondary N) is 1. The first-order valence-electron chi connectivity index (χ1n) is 10.7. The fourth-order valence-corrected chi connectivity index (χ4v) is 5.89. The Balaban J connectivity index is 1.53. The summed E-state index contributed by atoms with van der Waals surface area (Å²) in [4.78, 5) is 30.3. The van der Waals surface area contributed by atoms with Crippen LogP contribution in [-0.4, -0.2) is 39.8 Å². The third kappa shape index (κ3) is 3.70. The van der Waals surface area contributed by atoms with Crippen LogP contribution in [0, 0.1) is 0 Å². The highest BCUT2D eigenvalue weighted by atomic mass is 32.1. The van der Waals surface area contributed by atoms with Gasteiger partial charge in [0.25, 0.3) is 11.8 Å². The number of carbonyl (C=O) groups is 2. The third-order valence-electron chi connectivity index (χ3n) is 6.60. The van der Waals surface area contributed by atoms with Crippen LogP contribution in [0.4, 0.5) is 5.00 Å². The zero-order valence-electron chi connectivity index (χ0n) is 17.6. The van der Waals surface area contributed by atoms with Crippen LogP contribution in [-0.2, 0) is 27.2 Å². The van der Waals surface area contributed by atoms with E-state index < -0.39 is 5.97 Å². The van der Waals surface area contributed by atoms with Gasteiger partial charge in [-0.15, -0.1) is 11.3 Å². The molecule has 8 nitrogen and oxygen atoms in total. The Morgan fingerprint density at radius 2 is 2.03 bits per heavy atom. The number of hydrogen-bond donors (Lipinski definition) is 2. The van der Waals surface area contributed by atoms with E-state index in [2.05, 4.69) is 22.4 Å². The molecule has 2 aromatic rings. The standard InChI is InChI=1S/C22H25N3O5S/c1-22(29-2)9-8-14-15(10-22)31-20(16(14)19-23-17(25-30-19)11-6-7-11)24-18(26)12-4-3-5-13(12)21(27)28/h11H,3-10H2,1-2H3,(H,24,26)(H,27,28)/t22-/m1/s1. The van der Waals surface area contributed by atoms with Crippen molar-refractivity contribution in [2.24, 2.45) is 0 Å². The van der Waals surface area contributed by atoms with Crippen LogP contribution in [0.5, 0.6) is 0 Å². The maximum Gasteiger partial charge on any atom is 0.332 e. The lowest BCUT2D eigenvalue weighted by atomic mass is 9.84. The number of aromatic nitrogens is 2. The minimum Gasteiger partial charge on any atom is -0.478 e. The molecule has 0 bridgehead atoms. The molecule has 0 aliphatic heterocycles. The number of aliphatic carboxylic acids is 1. The molecule has 5 rings (SSSR count). The Labute approximate surface area is 183 Å². The van der Waals surface area contributed by atoms with Gasteiger partial charge in [-0.25, -0.2) is 4.79 Å². The van der Waals surface area contributed by atoms with E-state index >= 15 is 0 Å². The maximum atomic E-state index is 13.0. The molecule has 0 radical (unpaired) electrons. The summed E-state index contributed by atoms with van der Waals surface area (Å²) in [6, 6.07) is 0. The highest BCUT2D eigenvalue weighted by Gasteiger charge is 2.37. The molecular formula is C22H25N3O5S. The molecule has 2 aromatic heterocycles. The van der Waals surface area contributed by atoms with E-state index in [-0.39, 0.29) is 17.1 Å². The molecular weight excluding hydrogens is 418 g/mol. The molecule has 164 valence electrons. The van der Waals surface area contributed by atoms with E-state index in [1.165, 1.54) is 11.3 Å². The topological polar surface area (TPSA) is 115 Å². The summed E-state index contributed by atoms with van der Waals surface area (Å²) in [6.45, 7) is 2.09. The van der Waals surface area contributed by atoms with Gasteiger partial charge in [0.1, 0.15) is 5.00 Å². The first kappa shape index (κ1) is 20.4. The molecule has 1 atom stereocenters. The zero-order chi connectivity index (χ0) is 21.8. The molecule has 0 saturated heterocycles. The highest BCUT2D eigenvalue weighted by molar-refractivity contribution is 7.17.